The van der Waals surface area contributed by atoms with E-state index in [9.17, 15) is 5.11 Å². The minimum atomic E-state index is 0.0195. The fraction of sp³-hybridized carbons (Fsp3) is 0.294. The van der Waals surface area contributed by atoms with Gasteiger partial charge in [-0.1, -0.05) is 24.3 Å². The van der Waals surface area contributed by atoms with Crippen molar-refractivity contribution in [2.75, 3.05) is 25.2 Å². The molecule has 110 valence electrons. The van der Waals surface area contributed by atoms with Crippen LogP contribution < -0.4 is 14.4 Å². The maximum Gasteiger partial charge on any atom is 0.143 e. The molecule has 0 atom stereocenters. The molecule has 2 aromatic carbocycles. The van der Waals surface area contributed by atoms with E-state index in [1.165, 1.54) is 5.56 Å². The highest BCUT2D eigenvalue weighted by Crippen LogP contribution is 2.36. The normalized spacial score (nSPS) is 13.5. The number of hydrogen-bond acceptors (Lipinski definition) is 4. The second kappa shape index (κ2) is 6.06. The summed E-state index contributed by atoms with van der Waals surface area (Å²) in [5, 5.41) is 9.55. The molecule has 1 N–H and O–H groups in total. The van der Waals surface area contributed by atoms with E-state index < -0.39 is 0 Å². The smallest absolute Gasteiger partial charge is 0.143 e. The maximum atomic E-state index is 9.55. The molecule has 1 aliphatic rings. The van der Waals surface area contributed by atoms with Gasteiger partial charge >= 0.3 is 0 Å². The van der Waals surface area contributed by atoms with Crippen molar-refractivity contribution < 1.29 is 14.6 Å². The number of aliphatic hydroxyl groups is 1. The molecule has 4 nitrogen and oxygen atoms in total. The monoisotopic (exact) mass is 285 g/mol. The van der Waals surface area contributed by atoms with Gasteiger partial charge in [0, 0.05) is 12.1 Å². The van der Waals surface area contributed by atoms with Crippen molar-refractivity contribution >= 4 is 5.69 Å². The van der Waals surface area contributed by atoms with Gasteiger partial charge in [-0.2, -0.15) is 0 Å². The van der Waals surface area contributed by atoms with Gasteiger partial charge in [-0.25, -0.2) is 0 Å². The van der Waals surface area contributed by atoms with Crippen LogP contribution >= 0.6 is 0 Å². The SMILES string of the molecule is COc1ccc(CN2CCOc3cccc(CO)c32)cc1. The number of benzene rings is 2. The van der Waals surface area contributed by atoms with Gasteiger partial charge in [0.1, 0.15) is 18.1 Å². The highest BCUT2D eigenvalue weighted by atomic mass is 16.5. The van der Waals surface area contributed by atoms with Gasteiger partial charge in [0.05, 0.1) is 25.9 Å². The Bertz CT molecular complexity index is 596. The molecule has 0 amide bonds. The molecule has 1 aliphatic heterocycles. The first-order chi connectivity index (χ1) is 10.3. The predicted molar refractivity (Wildman–Crippen MR) is 81.9 cm³/mol. The van der Waals surface area contributed by atoms with Gasteiger partial charge in [-0.15, -0.1) is 0 Å². The lowest BCUT2D eigenvalue weighted by atomic mass is 10.1. The molecular formula is C17H19NO3. The van der Waals surface area contributed by atoms with E-state index in [-0.39, 0.29) is 6.61 Å². The van der Waals surface area contributed by atoms with Crippen molar-refractivity contribution in [3.8, 4) is 11.5 Å². The lowest BCUT2D eigenvalue weighted by Crippen LogP contribution is -2.33. The first kappa shape index (κ1) is 13.8. The summed E-state index contributed by atoms with van der Waals surface area (Å²) in [6, 6.07) is 13.9. The van der Waals surface area contributed by atoms with Crippen LogP contribution in [0.25, 0.3) is 0 Å². The highest BCUT2D eigenvalue weighted by molar-refractivity contribution is 5.65. The van der Waals surface area contributed by atoms with Crippen LogP contribution in [-0.2, 0) is 13.2 Å². The standard InChI is InChI=1S/C17H19NO3/c1-20-15-7-5-13(6-8-15)11-18-9-10-21-16-4-2-3-14(12-19)17(16)18/h2-8,19H,9-12H2,1H3. The van der Waals surface area contributed by atoms with Crippen LogP contribution in [-0.4, -0.2) is 25.4 Å². The Balaban J connectivity index is 1.87. The Morgan fingerprint density at radius 3 is 2.71 bits per heavy atom. The van der Waals surface area contributed by atoms with Gasteiger partial charge in [-0.3, -0.25) is 0 Å². The molecule has 0 saturated carbocycles. The molecule has 4 heteroatoms. The third-order valence-electron chi connectivity index (χ3n) is 3.72. The Labute approximate surface area is 124 Å². The molecule has 2 aromatic rings. The Morgan fingerprint density at radius 1 is 1.19 bits per heavy atom. The number of hydrogen-bond donors (Lipinski definition) is 1. The molecule has 0 fully saturated rings. The van der Waals surface area contributed by atoms with E-state index in [0.717, 1.165) is 35.8 Å². The number of aliphatic hydroxyl groups excluding tert-OH is 1. The van der Waals surface area contributed by atoms with E-state index in [1.807, 2.05) is 30.3 Å². The summed E-state index contributed by atoms with van der Waals surface area (Å²) in [5.74, 6) is 1.71. The van der Waals surface area contributed by atoms with Gasteiger partial charge in [-0.05, 0) is 23.8 Å². The number of rotatable bonds is 4. The van der Waals surface area contributed by atoms with Gasteiger partial charge < -0.3 is 19.5 Å². The van der Waals surface area contributed by atoms with Crippen molar-refractivity contribution in [3.63, 3.8) is 0 Å². The van der Waals surface area contributed by atoms with Crippen LogP contribution in [0.15, 0.2) is 42.5 Å². The fourth-order valence-corrected chi connectivity index (χ4v) is 2.66. The van der Waals surface area contributed by atoms with Crippen molar-refractivity contribution in [2.45, 2.75) is 13.2 Å². The number of anilines is 1. The molecule has 0 spiro atoms. The average Bonchev–Trinajstić information content (AvgIpc) is 2.55. The first-order valence-corrected chi connectivity index (χ1v) is 7.05. The van der Waals surface area contributed by atoms with Crippen LogP contribution in [0.1, 0.15) is 11.1 Å². The molecule has 0 bridgehead atoms. The lowest BCUT2D eigenvalue weighted by Gasteiger charge is -2.33. The molecular weight excluding hydrogens is 266 g/mol. The zero-order valence-electron chi connectivity index (χ0n) is 12.1. The number of fused-ring (bicyclic) bond motifs is 1. The summed E-state index contributed by atoms with van der Waals surface area (Å²) in [5.41, 5.74) is 3.11. The lowest BCUT2D eigenvalue weighted by molar-refractivity contribution is 0.275. The van der Waals surface area contributed by atoms with E-state index in [1.54, 1.807) is 7.11 Å². The summed E-state index contributed by atoms with van der Waals surface area (Å²) < 4.78 is 10.9. The molecule has 21 heavy (non-hydrogen) atoms. The third-order valence-corrected chi connectivity index (χ3v) is 3.72. The summed E-state index contributed by atoms with van der Waals surface area (Å²) in [6.45, 7) is 2.29. The Hall–Kier alpha value is -2.20. The van der Waals surface area contributed by atoms with Crippen molar-refractivity contribution in [3.05, 3.63) is 53.6 Å². The van der Waals surface area contributed by atoms with Gasteiger partial charge in [0.25, 0.3) is 0 Å². The summed E-state index contributed by atoms with van der Waals surface area (Å²) in [6.07, 6.45) is 0. The molecule has 0 aliphatic carbocycles. The van der Waals surface area contributed by atoms with Crippen molar-refractivity contribution in [1.82, 2.24) is 0 Å². The summed E-state index contributed by atoms with van der Waals surface area (Å²) in [7, 11) is 1.67. The van der Waals surface area contributed by atoms with Crippen LogP contribution in [0, 0.1) is 0 Å². The molecule has 0 radical (unpaired) electrons. The van der Waals surface area contributed by atoms with Gasteiger partial charge in [0.15, 0.2) is 0 Å². The highest BCUT2D eigenvalue weighted by Gasteiger charge is 2.21. The van der Waals surface area contributed by atoms with E-state index in [0.29, 0.717) is 6.61 Å². The quantitative estimate of drug-likeness (QED) is 0.937. The van der Waals surface area contributed by atoms with E-state index in [2.05, 4.69) is 17.0 Å². The fourth-order valence-electron chi connectivity index (χ4n) is 2.66. The zero-order chi connectivity index (χ0) is 14.7. The third kappa shape index (κ3) is 2.81. The van der Waals surface area contributed by atoms with Crippen LogP contribution in [0.2, 0.25) is 0 Å². The topological polar surface area (TPSA) is 41.9 Å². The number of ether oxygens (including phenoxy) is 2. The largest absolute Gasteiger partial charge is 0.497 e. The molecule has 0 unspecified atom stereocenters. The number of methoxy groups -OCH3 is 1. The summed E-state index contributed by atoms with van der Waals surface area (Å²) >= 11 is 0. The minimum absolute atomic E-state index is 0.0195. The summed E-state index contributed by atoms with van der Waals surface area (Å²) in [4.78, 5) is 2.26. The van der Waals surface area contributed by atoms with E-state index >= 15 is 0 Å². The van der Waals surface area contributed by atoms with Gasteiger partial charge in [0.2, 0.25) is 0 Å². The van der Waals surface area contributed by atoms with E-state index in [4.69, 9.17) is 9.47 Å². The second-order valence-electron chi connectivity index (χ2n) is 5.04. The minimum Gasteiger partial charge on any atom is -0.497 e. The maximum absolute atomic E-state index is 9.55. The Morgan fingerprint density at radius 2 is 2.00 bits per heavy atom. The zero-order valence-corrected chi connectivity index (χ0v) is 12.1. The van der Waals surface area contributed by atoms with Crippen LogP contribution in [0.5, 0.6) is 11.5 Å². The van der Waals surface area contributed by atoms with Crippen molar-refractivity contribution in [2.24, 2.45) is 0 Å². The van der Waals surface area contributed by atoms with Crippen molar-refractivity contribution in [1.29, 1.82) is 0 Å². The number of para-hydroxylation sites is 1. The predicted octanol–water partition coefficient (Wildman–Crippen LogP) is 2.59. The first-order valence-electron chi connectivity index (χ1n) is 7.05. The Kier molecular flexibility index (Phi) is 3.97. The average molecular weight is 285 g/mol. The molecule has 0 saturated heterocycles. The second-order valence-corrected chi connectivity index (χ2v) is 5.04. The molecule has 3 rings (SSSR count). The molecule has 0 aromatic heterocycles. The van der Waals surface area contributed by atoms with Crippen LogP contribution in [0.4, 0.5) is 5.69 Å². The molecule has 1 heterocycles. The number of nitrogens with zero attached hydrogens (tertiary/aromatic N) is 1. The van der Waals surface area contributed by atoms with Crippen LogP contribution in [0.3, 0.4) is 0 Å².